The van der Waals surface area contributed by atoms with Crippen LogP contribution in [0.5, 0.6) is 11.5 Å². The normalized spacial score (nSPS) is 10.3. The largest absolute Gasteiger partial charge is 0.497 e. The predicted molar refractivity (Wildman–Crippen MR) is 98.6 cm³/mol. The summed E-state index contributed by atoms with van der Waals surface area (Å²) in [6, 6.07) is 15.5. The number of hydrogen-bond acceptors (Lipinski definition) is 3. The van der Waals surface area contributed by atoms with Crippen LogP contribution in [0, 0.1) is 0 Å². The zero-order chi connectivity index (χ0) is 17.4. The first kappa shape index (κ1) is 18.3. The van der Waals surface area contributed by atoms with E-state index in [0.29, 0.717) is 19.6 Å². The lowest BCUT2D eigenvalue weighted by Crippen LogP contribution is -2.31. The molecule has 0 saturated carbocycles. The Morgan fingerprint density at radius 3 is 2.29 bits per heavy atom. The van der Waals surface area contributed by atoms with Gasteiger partial charge in [0.1, 0.15) is 18.1 Å². The van der Waals surface area contributed by atoms with Crippen LogP contribution in [0.1, 0.15) is 12.0 Å². The molecule has 0 aromatic heterocycles. The van der Waals surface area contributed by atoms with Crippen LogP contribution in [0.15, 0.2) is 53.0 Å². The van der Waals surface area contributed by atoms with Crippen LogP contribution in [0.2, 0.25) is 0 Å². The number of rotatable bonds is 8. The van der Waals surface area contributed by atoms with Crippen molar-refractivity contribution in [1.82, 2.24) is 4.90 Å². The summed E-state index contributed by atoms with van der Waals surface area (Å²) in [5, 5.41) is 0. The van der Waals surface area contributed by atoms with Crippen LogP contribution in [0.3, 0.4) is 0 Å². The van der Waals surface area contributed by atoms with E-state index >= 15 is 0 Å². The van der Waals surface area contributed by atoms with Crippen LogP contribution in [-0.2, 0) is 11.2 Å². The van der Waals surface area contributed by atoms with Crippen molar-refractivity contribution in [3.8, 4) is 11.5 Å². The molecule has 24 heavy (non-hydrogen) atoms. The molecule has 0 aliphatic heterocycles. The summed E-state index contributed by atoms with van der Waals surface area (Å²) in [6.45, 7) is 1.05. The highest BCUT2D eigenvalue weighted by atomic mass is 79.9. The van der Waals surface area contributed by atoms with E-state index in [4.69, 9.17) is 9.47 Å². The molecule has 0 saturated heterocycles. The molecule has 0 spiro atoms. The highest BCUT2D eigenvalue weighted by Crippen LogP contribution is 2.16. The second kappa shape index (κ2) is 9.33. The zero-order valence-corrected chi connectivity index (χ0v) is 15.6. The number of benzene rings is 2. The van der Waals surface area contributed by atoms with Crippen LogP contribution in [0.4, 0.5) is 0 Å². The lowest BCUT2D eigenvalue weighted by Gasteiger charge is -2.17. The SMILES string of the molecule is COc1ccc(CCC(=O)N(C)CCOc2ccc(Br)cc2)cc1. The summed E-state index contributed by atoms with van der Waals surface area (Å²) >= 11 is 3.38. The highest BCUT2D eigenvalue weighted by molar-refractivity contribution is 9.10. The lowest BCUT2D eigenvalue weighted by molar-refractivity contribution is -0.130. The average molecular weight is 392 g/mol. The minimum atomic E-state index is 0.116. The number of likely N-dealkylation sites (N-methyl/N-ethyl adjacent to an activating group) is 1. The van der Waals surface area contributed by atoms with Crippen LogP contribution < -0.4 is 9.47 Å². The summed E-state index contributed by atoms with van der Waals surface area (Å²) in [5.74, 6) is 1.75. The van der Waals surface area contributed by atoms with Gasteiger partial charge in [-0.05, 0) is 48.4 Å². The van der Waals surface area contributed by atoms with Crippen molar-refractivity contribution in [1.29, 1.82) is 0 Å². The number of amides is 1. The van der Waals surface area contributed by atoms with E-state index in [0.717, 1.165) is 28.0 Å². The minimum absolute atomic E-state index is 0.116. The summed E-state index contributed by atoms with van der Waals surface area (Å²) in [5.41, 5.74) is 1.13. The van der Waals surface area contributed by atoms with Crippen molar-refractivity contribution < 1.29 is 14.3 Å². The number of aryl methyl sites for hydroxylation is 1. The first-order valence-corrected chi connectivity index (χ1v) is 8.63. The molecule has 0 fully saturated rings. The Kier molecular flexibility index (Phi) is 7.12. The van der Waals surface area contributed by atoms with E-state index in [1.165, 1.54) is 0 Å². The summed E-state index contributed by atoms with van der Waals surface area (Å²) in [4.78, 5) is 13.9. The Morgan fingerprint density at radius 1 is 1.04 bits per heavy atom. The van der Waals surface area contributed by atoms with E-state index in [1.54, 1.807) is 19.1 Å². The third-order valence-electron chi connectivity index (χ3n) is 3.72. The molecular weight excluding hydrogens is 370 g/mol. The lowest BCUT2D eigenvalue weighted by atomic mass is 10.1. The fraction of sp³-hybridized carbons (Fsp3) is 0.316. The molecule has 2 aromatic carbocycles. The molecular formula is C19H22BrNO3. The van der Waals surface area contributed by atoms with Gasteiger partial charge in [-0.15, -0.1) is 0 Å². The Morgan fingerprint density at radius 2 is 1.67 bits per heavy atom. The van der Waals surface area contributed by atoms with Gasteiger partial charge >= 0.3 is 0 Å². The molecule has 2 rings (SSSR count). The summed E-state index contributed by atoms with van der Waals surface area (Å²) < 4.78 is 11.8. The molecule has 0 aliphatic rings. The van der Waals surface area contributed by atoms with Gasteiger partial charge in [0, 0.05) is 17.9 Å². The molecule has 5 heteroatoms. The van der Waals surface area contributed by atoms with Gasteiger partial charge in [0.25, 0.3) is 0 Å². The van der Waals surface area contributed by atoms with Gasteiger partial charge in [-0.2, -0.15) is 0 Å². The highest BCUT2D eigenvalue weighted by Gasteiger charge is 2.09. The van der Waals surface area contributed by atoms with Crippen LogP contribution >= 0.6 is 15.9 Å². The maximum absolute atomic E-state index is 12.2. The fourth-order valence-electron chi connectivity index (χ4n) is 2.19. The molecule has 0 aliphatic carbocycles. The number of nitrogens with zero attached hydrogens (tertiary/aromatic N) is 1. The van der Waals surface area contributed by atoms with E-state index < -0.39 is 0 Å². The molecule has 0 radical (unpaired) electrons. The van der Waals surface area contributed by atoms with Crippen molar-refractivity contribution in [2.24, 2.45) is 0 Å². The number of hydrogen-bond donors (Lipinski definition) is 0. The van der Waals surface area contributed by atoms with E-state index in [-0.39, 0.29) is 5.91 Å². The Hall–Kier alpha value is -2.01. The second-order valence-corrected chi connectivity index (χ2v) is 6.38. The molecule has 0 unspecified atom stereocenters. The fourth-order valence-corrected chi connectivity index (χ4v) is 2.45. The second-order valence-electron chi connectivity index (χ2n) is 5.47. The van der Waals surface area contributed by atoms with E-state index in [1.807, 2.05) is 48.5 Å². The first-order valence-electron chi connectivity index (χ1n) is 7.84. The molecule has 0 heterocycles. The summed E-state index contributed by atoms with van der Waals surface area (Å²) in [6.07, 6.45) is 1.21. The first-order chi connectivity index (χ1) is 11.6. The topological polar surface area (TPSA) is 38.8 Å². The van der Waals surface area contributed by atoms with Crippen molar-refractivity contribution >= 4 is 21.8 Å². The Bertz CT molecular complexity index is 641. The smallest absolute Gasteiger partial charge is 0.222 e. The molecule has 0 atom stereocenters. The van der Waals surface area contributed by atoms with Gasteiger partial charge < -0.3 is 14.4 Å². The maximum atomic E-state index is 12.2. The van der Waals surface area contributed by atoms with Gasteiger partial charge in [0.2, 0.25) is 5.91 Å². The standard InChI is InChI=1S/C19H22BrNO3/c1-21(13-14-24-18-10-6-16(20)7-11-18)19(22)12-5-15-3-8-17(23-2)9-4-15/h3-4,6-11H,5,12-14H2,1-2H3. The van der Waals surface area contributed by atoms with E-state index in [2.05, 4.69) is 15.9 Å². The number of carbonyl (C=O) groups excluding carboxylic acids is 1. The molecule has 4 nitrogen and oxygen atoms in total. The Labute approximate surface area is 151 Å². The van der Waals surface area contributed by atoms with Crippen molar-refractivity contribution in [3.63, 3.8) is 0 Å². The zero-order valence-electron chi connectivity index (χ0n) is 14.0. The van der Waals surface area contributed by atoms with Crippen LogP contribution in [-0.4, -0.2) is 38.1 Å². The van der Waals surface area contributed by atoms with Gasteiger partial charge in [-0.25, -0.2) is 0 Å². The third kappa shape index (κ3) is 5.89. The molecule has 128 valence electrons. The monoisotopic (exact) mass is 391 g/mol. The van der Waals surface area contributed by atoms with Crippen LogP contribution in [0.25, 0.3) is 0 Å². The number of carbonyl (C=O) groups is 1. The van der Waals surface area contributed by atoms with E-state index in [9.17, 15) is 4.79 Å². The molecule has 1 amide bonds. The van der Waals surface area contributed by atoms with Gasteiger partial charge in [-0.1, -0.05) is 28.1 Å². The predicted octanol–water partition coefficient (Wildman–Crippen LogP) is 3.93. The van der Waals surface area contributed by atoms with Gasteiger partial charge in [0.05, 0.1) is 13.7 Å². The summed E-state index contributed by atoms with van der Waals surface area (Å²) in [7, 11) is 3.45. The maximum Gasteiger partial charge on any atom is 0.222 e. The Balaban J connectivity index is 1.70. The van der Waals surface area contributed by atoms with Crippen molar-refractivity contribution in [2.45, 2.75) is 12.8 Å². The van der Waals surface area contributed by atoms with Crippen molar-refractivity contribution in [2.75, 3.05) is 27.3 Å². The number of halogens is 1. The molecule has 0 bridgehead atoms. The average Bonchev–Trinajstić information content (AvgIpc) is 2.61. The number of ether oxygens (including phenoxy) is 2. The number of methoxy groups -OCH3 is 1. The van der Waals surface area contributed by atoms with Crippen molar-refractivity contribution in [3.05, 3.63) is 58.6 Å². The minimum Gasteiger partial charge on any atom is -0.497 e. The van der Waals surface area contributed by atoms with Gasteiger partial charge in [-0.3, -0.25) is 4.79 Å². The molecule has 0 N–H and O–H groups in total. The quantitative estimate of drug-likeness (QED) is 0.684. The third-order valence-corrected chi connectivity index (χ3v) is 4.25. The van der Waals surface area contributed by atoms with Gasteiger partial charge in [0.15, 0.2) is 0 Å². The molecule has 2 aromatic rings.